The van der Waals surface area contributed by atoms with E-state index in [4.69, 9.17) is 4.74 Å². The number of ether oxygens (including phenoxy) is 1. The number of carbonyl (C=O) groups excluding carboxylic acids is 1. The van der Waals surface area contributed by atoms with E-state index in [1.165, 1.54) is 13.3 Å². The molecule has 0 amide bonds. The Morgan fingerprint density at radius 1 is 1.00 bits per heavy atom. The summed E-state index contributed by atoms with van der Waals surface area (Å²) in [6.07, 6.45) is 4.96. The summed E-state index contributed by atoms with van der Waals surface area (Å²) in [4.78, 5) is 11.5. The van der Waals surface area contributed by atoms with Crippen LogP contribution in [0.15, 0.2) is 0 Å². The van der Waals surface area contributed by atoms with Crippen LogP contribution in [0.3, 0.4) is 0 Å². The lowest BCUT2D eigenvalue weighted by molar-refractivity contribution is -0.294. The first-order valence-corrected chi connectivity index (χ1v) is 14.5. The maximum absolute atomic E-state index is 11.7. The fourth-order valence-electron chi connectivity index (χ4n) is 9.84. The number of aliphatic hydroxyl groups is 4. The van der Waals surface area contributed by atoms with Crippen molar-refractivity contribution in [3.63, 3.8) is 0 Å². The van der Waals surface area contributed by atoms with Crippen molar-refractivity contribution in [3.05, 3.63) is 0 Å². The molecule has 12 atom stereocenters. The van der Waals surface area contributed by atoms with Crippen molar-refractivity contribution in [2.24, 2.45) is 46.3 Å². The zero-order valence-corrected chi connectivity index (χ0v) is 23.7. The Labute approximate surface area is 218 Å². The Hall–Kier alpha value is -0.690. The maximum atomic E-state index is 11.7. The molecule has 6 heteroatoms. The minimum atomic E-state index is -1.44. The van der Waals surface area contributed by atoms with Crippen LogP contribution in [0.25, 0.3) is 0 Å². The number of rotatable bonds is 6. The summed E-state index contributed by atoms with van der Waals surface area (Å²) in [5, 5.41) is 44.4. The predicted octanol–water partition coefficient (Wildman–Crippen LogP) is 4.46. The van der Waals surface area contributed by atoms with E-state index in [2.05, 4.69) is 20.8 Å². The third kappa shape index (κ3) is 4.26. The van der Waals surface area contributed by atoms with Gasteiger partial charge in [-0.3, -0.25) is 4.79 Å². The number of esters is 1. The van der Waals surface area contributed by atoms with E-state index in [0.717, 1.165) is 32.1 Å². The van der Waals surface area contributed by atoms with Crippen LogP contribution in [0.4, 0.5) is 0 Å². The van der Waals surface area contributed by atoms with Crippen LogP contribution in [-0.2, 0) is 9.53 Å². The molecule has 4 N–H and O–H groups in total. The van der Waals surface area contributed by atoms with Crippen molar-refractivity contribution in [1.29, 1.82) is 0 Å². The van der Waals surface area contributed by atoms with E-state index in [-0.39, 0.29) is 42.0 Å². The van der Waals surface area contributed by atoms with Crippen LogP contribution in [0.2, 0.25) is 0 Å². The van der Waals surface area contributed by atoms with Crippen molar-refractivity contribution in [2.45, 2.75) is 136 Å². The van der Waals surface area contributed by atoms with Crippen LogP contribution in [0.1, 0.15) is 106 Å². The molecule has 0 aromatic rings. The minimum absolute atomic E-state index is 0.147. The maximum Gasteiger partial charge on any atom is 0.303 e. The molecule has 4 aliphatic rings. The van der Waals surface area contributed by atoms with Gasteiger partial charge in [0.2, 0.25) is 0 Å². The lowest BCUT2D eigenvalue weighted by atomic mass is 9.41. The second-order valence-corrected chi connectivity index (χ2v) is 14.3. The highest BCUT2D eigenvalue weighted by Gasteiger charge is 2.70. The fraction of sp³-hybridized carbons (Fsp3) is 0.967. The lowest BCUT2D eigenvalue weighted by Gasteiger charge is -2.66. The van der Waals surface area contributed by atoms with Gasteiger partial charge in [0.1, 0.15) is 11.2 Å². The van der Waals surface area contributed by atoms with Gasteiger partial charge >= 0.3 is 5.97 Å². The van der Waals surface area contributed by atoms with Crippen molar-refractivity contribution < 1.29 is 30.0 Å². The largest absolute Gasteiger partial charge is 0.460 e. The standard InChI is InChI=1S/C30H52O6/c1-17(8-9-18(2)27(4,5)36-19(3)31)22-10-11-23-21-15-26(34)30(35)16-20(32)14-25(33)29(30,7)24(21)12-13-28(22,23)6/h17-18,20-26,32-35H,8-16H2,1-7H3/t17-,18+,20+,21?,22-,23?,24?,25-,26-,28-,29+,30+/m1/s1. The van der Waals surface area contributed by atoms with E-state index < -0.39 is 34.9 Å². The number of hydrogen-bond acceptors (Lipinski definition) is 6. The summed E-state index contributed by atoms with van der Waals surface area (Å²) in [7, 11) is 0. The number of hydrogen-bond donors (Lipinski definition) is 4. The molecule has 0 aromatic heterocycles. The van der Waals surface area contributed by atoms with E-state index in [9.17, 15) is 25.2 Å². The van der Waals surface area contributed by atoms with Crippen molar-refractivity contribution >= 4 is 5.97 Å². The second kappa shape index (κ2) is 9.50. The van der Waals surface area contributed by atoms with Gasteiger partial charge in [0, 0.05) is 18.8 Å². The molecule has 4 saturated carbocycles. The van der Waals surface area contributed by atoms with Crippen molar-refractivity contribution in [1.82, 2.24) is 0 Å². The SMILES string of the molecule is CC(=O)OC(C)(C)[C@@H](C)CC[C@@H](C)[C@H]1CCC2C3C[C@@H](O)[C@@]4(O)C[C@@H](O)C[C@@H](O)[C@]4(C)C3CC[C@@]21C. The monoisotopic (exact) mass is 508 g/mol. The van der Waals surface area contributed by atoms with Gasteiger partial charge in [0.15, 0.2) is 0 Å². The van der Waals surface area contributed by atoms with E-state index in [1.807, 2.05) is 20.8 Å². The van der Waals surface area contributed by atoms with Crippen LogP contribution in [0, 0.1) is 46.3 Å². The number of carbonyl (C=O) groups is 1. The molecule has 36 heavy (non-hydrogen) atoms. The minimum Gasteiger partial charge on any atom is -0.460 e. The average Bonchev–Trinajstić information content (AvgIpc) is 3.11. The van der Waals surface area contributed by atoms with Crippen molar-refractivity contribution in [3.8, 4) is 0 Å². The number of aliphatic hydroxyl groups excluding tert-OH is 3. The summed E-state index contributed by atoms with van der Waals surface area (Å²) in [5.74, 6) is 2.14. The average molecular weight is 509 g/mol. The molecule has 0 spiro atoms. The first-order valence-electron chi connectivity index (χ1n) is 14.5. The van der Waals surface area contributed by atoms with E-state index >= 15 is 0 Å². The highest BCUT2D eigenvalue weighted by molar-refractivity contribution is 5.66. The molecule has 0 heterocycles. The Morgan fingerprint density at radius 2 is 1.67 bits per heavy atom. The molecule has 4 fully saturated rings. The van der Waals surface area contributed by atoms with Gasteiger partial charge < -0.3 is 25.2 Å². The molecule has 0 radical (unpaired) electrons. The molecule has 0 aliphatic heterocycles. The Balaban J connectivity index is 1.49. The molecule has 4 rings (SSSR count). The van der Waals surface area contributed by atoms with Gasteiger partial charge in [0.05, 0.1) is 18.3 Å². The van der Waals surface area contributed by atoms with E-state index in [0.29, 0.717) is 24.2 Å². The van der Waals surface area contributed by atoms with Crippen LogP contribution < -0.4 is 0 Å². The Morgan fingerprint density at radius 3 is 2.31 bits per heavy atom. The lowest BCUT2D eigenvalue weighted by Crippen LogP contribution is -2.72. The molecule has 3 unspecified atom stereocenters. The Kier molecular flexibility index (Phi) is 7.47. The predicted molar refractivity (Wildman–Crippen MR) is 139 cm³/mol. The van der Waals surface area contributed by atoms with Crippen molar-refractivity contribution in [2.75, 3.05) is 0 Å². The van der Waals surface area contributed by atoms with Gasteiger partial charge in [-0.05, 0) is 99.7 Å². The number of fused-ring (bicyclic) bond motifs is 5. The molecule has 208 valence electrons. The smallest absolute Gasteiger partial charge is 0.303 e. The molecule has 0 bridgehead atoms. The van der Waals surface area contributed by atoms with E-state index in [1.54, 1.807) is 0 Å². The first-order chi connectivity index (χ1) is 16.6. The van der Waals surface area contributed by atoms with Crippen LogP contribution in [0.5, 0.6) is 0 Å². The highest BCUT2D eigenvalue weighted by Crippen LogP contribution is 2.69. The molecule has 0 saturated heterocycles. The van der Waals surface area contributed by atoms with Gasteiger partial charge in [0.25, 0.3) is 0 Å². The quantitative estimate of drug-likeness (QED) is 0.395. The molecular formula is C30H52O6. The first kappa shape index (κ1) is 28.3. The molecule has 0 aromatic carbocycles. The zero-order chi connectivity index (χ0) is 26.8. The second-order valence-electron chi connectivity index (χ2n) is 14.3. The van der Waals surface area contributed by atoms with Gasteiger partial charge in [-0.1, -0.05) is 34.1 Å². The summed E-state index contributed by atoms with van der Waals surface area (Å²) >= 11 is 0. The summed E-state index contributed by atoms with van der Waals surface area (Å²) in [6.45, 7) is 14.5. The summed E-state index contributed by atoms with van der Waals surface area (Å²) in [5.41, 5.74) is -2.50. The van der Waals surface area contributed by atoms with Gasteiger partial charge in [-0.25, -0.2) is 0 Å². The van der Waals surface area contributed by atoms with Gasteiger partial charge in [-0.2, -0.15) is 0 Å². The topological polar surface area (TPSA) is 107 Å². The summed E-state index contributed by atoms with van der Waals surface area (Å²) < 4.78 is 5.59. The van der Waals surface area contributed by atoms with Gasteiger partial charge in [-0.15, -0.1) is 0 Å². The summed E-state index contributed by atoms with van der Waals surface area (Å²) in [6, 6.07) is 0. The van der Waals surface area contributed by atoms with Crippen LogP contribution >= 0.6 is 0 Å². The third-order valence-electron chi connectivity index (χ3n) is 12.3. The Bertz CT molecular complexity index is 828. The third-order valence-corrected chi connectivity index (χ3v) is 12.3. The highest BCUT2D eigenvalue weighted by atomic mass is 16.6. The zero-order valence-electron chi connectivity index (χ0n) is 23.7. The molecule has 6 nitrogen and oxygen atoms in total. The normalized spacial score (nSPS) is 48.4. The van der Waals surface area contributed by atoms with Crippen LogP contribution in [-0.4, -0.2) is 55.9 Å². The fourth-order valence-corrected chi connectivity index (χ4v) is 9.84. The molecular weight excluding hydrogens is 456 g/mol. The molecule has 4 aliphatic carbocycles.